The van der Waals surface area contributed by atoms with Gasteiger partial charge in [0.2, 0.25) is 0 Å². The van der Waals surface area contributed by atoms with Crippen LogP contribution < -0.4 is 0 Å². The molecule has 0 unspecified atom stereocenters. The molecule has 0 amide bonds. The molecule has 0 atom stereocenters. The Morgan fingerprint density at radius 3 is 1.49 bits per heavy atom. The maximum absolute atomic E-state index is 6.67. The van der Waals surface area contributed by atoms with Gasteiger partial charge >= 0.3 is 0 Å². The number of hydrogen-bond acceptors (Lipinski definition) is 2. The molecule has 4 nitrogen and oxygen atoms in total. The Kier molecular flexibility index (Phi) is 4.96. The minimum absolute atomic E-state index is 0.840. The van der Waals surface area contributed by atoms with E-state index in [1.807, 2.05) is 18.3 Å². The molecule has 10 rings (SSSR count). The van der Waals surface area contributed by atoms with Crippen molar-refractivity contribution in [3.05, 3.63) is 152 Å². The topological polar surface area (TPSA) is 35.9 Å². The molecule has 4 aromatic heterocycles. The van der Waals surface area contributed by atoms with E-state index in [4.69, 9.17) is 9.40 Å². The van der Waals surface area contributed by atoms with Crippen LogP contribution in [0.25, 0.3) is 88.2 Å². The Balaban J connectivity index is 1.31. The Hall–Kier alpha value is -6.13. The van der Waals surface area contributed by atoms with Crippen LogP contribution in [0.1, 0.15) is 0 Å². The number of nitrogens with zero attached hydrogens (tertiary/aromatic N) is 3. The maximum Gasteiger partial charge on any atom is 0.144 e. The summed E-state index contributed by atoms with van der Waals surface area (Å²) in [6.07, 6.45) is 1.84. The minimum atomic E-state index is 0.840. The highest BCUT2D eigenvalue weighted by Gasteiger charge is 2.20. The smallest absolute Gasteiger partial charge is 0.144 e. The lowest BCUT2D eigenvalue weighted by Crippen LogP contribution is -1.95. The van der Waals surface area contributed by atoms with Crippen molar-refractivity contribution in [3.8, 4) is 22.6 Å². The Bertz CT molecular complexity index is 2660. The SMILES string of the molecule is c1ccc(-c2cc(-n3c4ccccc4c4ccccc43)cc3c2oc2ccc(-n4c5ccccc5c5ccccc54)cc23)nc1. The van der Waals surface area contributed by atoms with Crippen LogP contribution in [-0.2, 0) is 0 Å². The first-order valence-electron chi connectivity index (χ1n) is 15.2. The second-order valence-electron chi connectivity index (χ2n) is 11.6. The van der Waals surface area contributed by atoms with Crippen molar-refractivity contribution in [2.24, 2.45) is 0 Å². The summed E-state index contributed by atoms with van der Waals surface area (Å²) in [4.78, 5) is 4.77. The third kappa shape index (κ3) is 3.45. The van der Waals surface area contributed by atoms with Crippen molar-refractivity contribution >= 4 is 65.6 Å². The zero-order valence-corrected chi connectivity index (χ0v) is 24.2. The normalized spacial score (nSPS) is 12.0. The van der Waals surface area contributed by atoms with Crippen molar-refractivity contribution in [1.82, 2.24) is 14.1 Å². The molecular formula is C41H25N3O. The van der Waals surface area contributed by atoms with Gasteiger partial charge in [-0.25, -0.2) is 0 Å². The van der Waals surface area contributed by atoms with Gasteiger partial charge in [0.15, 0.2) is 0 Å². The second-order valence-corrected chi connectivity index (χ2v) is 11.6. The summed E-state index contributed by atoms with van der Waals surface area (Å²) in [6.45, 7) is 0. The second kappa shape index (κ2) is 9.18. The van der Waals surface area contributed by atoms with E-state index in [0.29, 0.717) is 0 Å². The molecule has 0 saturated carbocycles. The first kappa shape index (κ1) is 24.3. The van der Waals surface area contributed by atoms with E-state index < -0.39 is 0 Å². The van der Waals surface area contributed by atoms with Crippen LogP contribution >= 0.6 is 0 Å². The Morgan fingerprint density at radius 1 is 0.422 bits per heavy atom. The summed E-state index contributed by atoms with van der Waals surface area (Å²) in [5.41, 5.74) is 10.4. The predicted octanol–water partition coefficient (Wildman–Crippen LogP) is 10.8. The van der Waals surface area contributed by atoms with Crippen molar-refractivity contribution in [3.63, 3.8) is 0 Å². The van der Waals surface area contributed by atoms with Gasteiger partial charge < -0.3 is 13.6 Å². The summed E-state index contributed by atoms with van der Waals surface area (Å²) in [5, 5.41) is 7.10. The van der Waals surface area contributed by atoms with Crippen molar-refractivity contribution in [2.45, 2.75) is 0 Å². The average molecular weight is 576 g/mol. The van der Waals surface area contributed by atoms with Crippen LogP contribution in [0.2, 0.25) is 0 Å². The fourth-order valence-electron chi connectivity index (χ4n) is 7.23. The van der Waals surface area contributed by atoms with Gasteiger partial charge in [-0.2, -0.15) is 0 Å². The molecule has 0 N–H and O–H groups in total. The molecular weight excluding hydrogens is 550 g/mol. The van der Waals surface area contributed by atoms with Crippen LogP contribution in [0.3, 0.4) is 0 Å². The molecule has 0 saturated heterocycles. The van der Waals surface area contributed by atoms with Gasteiger partial charge in [0.1, 0.15) is 11.2 Å². The van der Waals surface area contributed by atoms with Crippen LogP contribution in [0.5, 0.6) is 0 Å². The molecule has 45 heavy (non-hydrogen) atoms. The highest BCUT2D eigenvalue weighted by molar-refractivity contribution is 6.14. The van der Waals surface area contributed by atoms with E-state index >= 15 is 0 Å². The fourth-order valence-corrected chi connectivity index (χ4v) is 7.23. The summed E-state index contributed by atoms with van der Waals surface area (Å²) < 4.78 is 11.4. The van der Waals surface area contributed by atoms with Gasteiger partial charge in [0.25, 0.3) is 0 Å². The van der Waals surface area contributed by atoms with Gasteiger partial charge in [-0.05, 0) is 66.7 Å². The zero-order valence-electron chi connectivity index (χ0n) is 24.2. The number of rotatable bonds is 3. The minimum Gasteiger partial charge on any atom is -0.455 e. The number of hydrogen-bond donors (Lipinski definition) is 0. The molecule has 4 heterocycles. The molecule has 0 aliphatic carbocycles. The maximum atomic E-state index is 6.67. The summed E-state index contributed by atoms with van der Waals surface area (Å²) in [7, 11) is 0. The van der Waals surface area contributed by atoms with Gasteiger partial charge in [0, 0.05) is 55.5 Å². The quantitative estimate of drug-likeness (QED) is 0.210. The molecule has 0 spiro atoms. The van der Waals surface area contributed by atoms with Crippen molar-refractivity contribution in [1.29, 1.82) is 0 Å². The largest absolute Gasteiger partial charge is 0.455 e. The van der Waals surface area contributed by atoms with Crippen LogP contribution in [-0.4, -0.2) is 14.1 Å². The lowest BCUT2D eigenvalue weighted by Gasteiger charge is -2.11. The average Bonchev–Trinajstić information content (AvgIpc) is 3.76. The van der Waals surface area contributed by atoms with E-state index in [1.54, 1.807) is 0 Å². The van der Waals surface area contributed by atoms with Gasteiger partial charge in [0.05, 0.1) is 27.8 Å². The summed E-state index contributed by atoms with van der Waals surface area (Å²) in [5.74, 6) is 0. The lowest BCUT2D eigenvalue weighted by atomic mass is 10.0. The fraction of sp³-hybridized carbons (Fsp3) is 0. The molecule has 0 aliphatic rings. The lowest BCUT2D eigenvalue weighted by molar-refractivity contribution is 0.669. The number of fused-ring (bicyclic) bond motifs is 9. The van der Waals surface area contributed by atoms with E-state index in [9.17, 15) is 0 Å². The third-order valence-electron chi connectivity index (χ3n) is 9.16. The van der Waals surface area contributed by atoms with Gasteiger partial charge in [-0.3, -0.25) is 4.98 Å². The van der Waals surface area contributed by atoms with Crippen LogP contribution in [0, 0.1) is 0 Å². The van der Waals surface area contributed by atoms with E-state index in [-0.39, 0.29) is 0 Å². The first-order chi connectivity index (χ1) is 22.3. The van der Waals surface area contributed by atoms with Gasteiger partial charge in [-0.1, -0.05) is 78.9 Å². The molecule has 0 fully saturated rings. The molecule has 10 aromatic rings. The number of benzene rings is 6. The third-order valence-corrected chi connectivity index (χ3v) is 9.16. The van der Waals surface area contributed by atoms with Crippen molar-refractivity contribution < 1.29 is 4.42 Å². The number of para-hydroxylation sites is 4. The zero-order chi connectivity index (χ0) is 29.5. The molecule has 210 valence electrons. The van der Waals surface area contributed by atoms with E-state index in [0.717, 1.165) is 44.6 Å². The number of pyridine rings is 1. The van der Waals surface area contributed by atoms with E-state index in [1.165, 1.54) is 43.6 Å². The molecule has 0 aliphatic heterocycles. The summed E-state index contributed by atoms with van der Waals surface area (Å²) >= 11 is 0. The van der Waals surface area contributed by atoms with Gasteiger partial charge in [-0.15, -0.1) is 0 Å². The molecule has 0 radical (unpaired) electrons. The number of aromatic nitrogens is 3. The first-order valence-corrected chi connectivity index (χ1v) is 15.2. The Morgan fingerprint density at radius 2 is 0.933 bits per heavy atom. The molecule has 6 aromatic carbocycles. The van der Waals surface area contributed by atoms with E-state index in [2.05, 4.69) is 143 Å². The van der Waals surface area contributed by atoms with Crippen LogP contribution in [0.15, 0.2) is 156 Å². The highest BCUT2D eigenvalue weighted by Crippen LogP contribution is 2.41. The highest BCUT2D eigenvalue weighted by atomic mass is 16.3. The van der Waals surface area contributed by atoms with Crippen molar-refractivity contribution in [2.75, 3.05) is 0 Å². The summed E-state index contributed by atoms with van der Waals surface area (Å²) in [6, 6.07) is 51.6. The Labute approximate surface area is 258 Å². The molecule has 4 heteroatoms. The standard InChI is InChI=1S/C41H25N3O/c1-5-16-36-28(11-1)29-12-2-6-17-37(29)43(36)26-20-21-40-32(23-26)33-24-27(25-34(41(33)45-40)35-15-9-10-22-42-35)44-38-18-7-3-13-30(38)31-14-4-8-19-39(31)44/h1-25H. The predicted molar refractivity (Wildman–Crippen MR) is 186 cm³/mol. The van der Waals surface area contributed by atoms with Crippen LogP contribution in [0.4, 0.5) is 0 Å². The monoisotopic (exact) mass is 575 g/mol. The molecule has 0 bridgehead atoms. The number of furan rings is 1.